The molecule has 26 heavy (non-hydrogen) atoms. The molecule has 0 aliphatic rings. The summed E-state index contributed by atoms with van der Waals surface area (Å²) in [5, 5.41) is 4.39. The first-order valence-electron chi connectivity index (χ1n) is 8.04. The molecule has 0 saturated carbocycles. The number of carbonyl (C=O) groups excluding carboxylic acids is 1. The molecule has 0 amide bonds. The van der Waals surface area contributed by atoms with Crippen LogP contribution in [0.5, 0.6) is 0 Å². The molecule has 0 atom stereocenters. The highest BCUT2D eigenvalue weighted by atomic mass is 35.5. The lowest BCUT2D eigenvalue weighted by Crippen LogP contribution is -2.15. The van der Waals surface area contributed by atoms with Crippen molar-refractivity contribution < 1.29 is 22.7 Å². The smallest absolute Gasteiger partial charge is 0.416 e. The third kappa shape index (κ3) is 4.58. The Morgan fingerprint density at radius 2 is 1.88 bits per heavy atom. The summed E-state index contributed by atoms with van der Waals surface area (Å²) in [7, 11) is 0. The molecule has 0 radical (unpaired) electrons. The quantitative estimate of drug-likeness (QED) is 0.686. The summed E-state index contributed by atoms with van der Waals surface area (Å²) in [6.45, 7) is 7.78. The second-order valence-corrected chi connectivity index (χ2v) is 7.25. The molecule has 0 aliphatic carbocycles. The minimum atomic E-state index is -4.47. The number of halogens is 4. The second-order valence-electron chi connectivity index (χ2n) is 6.85. The van der Waals surface area contributed by atoms with Crippen molar-refractivity contribution in [2.45, 2.75) is 45.8 Å². The zero-order valence-corrected chi connectivity index (χ0v) is 15.7. The zero-order valence-electron chi connectivity index (χ0n) is 14.9. The number of hydrogen-bond acceptors (Lipinski definition) is 3. The van der Waals surface area contributed by atoms with Crippen LogP contribution < -0.4 is 0 Å². The average Bonchev–Trinajstić information content (AvgIpc) is 2.92. The van der Waals surface area contributed by atoms with E-state index in [2.05, 4.69) is 5.10 Å². The molecule has 1 heterocycles. The molecular weight excluding hydrogens is 369 g/mol. The number of benzene rings is 1. The summed E-state index contributed by atoms with van der Waals surface area (Å²) in [6.07, 6.45) is -4.47. The number of esters is 1. The number of ether oxygens (including phenoxy) is 1. The Hall–Kier alpha value is -2.02. The molecule has 4 nitrogen and oxygen atoms in total. The molecule has 1 aromatic carbocycles. The van der Waals surface area contributed by atoms with Crippen molar-refractivity contribution in [3.63, 3.8) is 0 Å². The Morgan fingerprint density at radius 3 is 2.38 bits per heavy atom. The minimum absolute atomic E-state index is 0.0394. The van der Waals surface area contributed by atoms with E-state index in [1.165, 1.54) is 10.7 Å². The van der Waals surface area contributed by atoms with Crippen LogP contribution in [-0.4, -0.2) is 22.4 Å². The highest BCUT2D eigenvalue weighted by Gasteiger charge is 2.31. The van der Waals surface area contributed by atoms with Crippen molar-refractivity contribution in [1.82, 2.24) is 9.78 Å². The van der Waals surface area contributed by atoms with Crippen molar-refractivity contribution in [1.29, 1.82) is 0 Å². The number of nitrogens with zero attached hydrogens (tertiary/aromatic N) is 2. The lowest BCUT2D eigenvalue weighted by Gasteiger charge is -2.14. The van der Waals surface area contributed by atoms with Crippen molar-refractivity contribution in [3.8, 4) is 0 Å². The van der Waals surface area contributed by atoms with Gasteiger partial charge in [0.15, 0.2) is 0 Å². The minimum Gasteiger partial charge on any atom is -0.461 e. The average molecular weight is 389 g/mol. The predicted molar refractivity (Wildman–Crippen MR) is 92.4 cm³/mol. The lowest BCUT2D eigenvalue weighted by molar-refractivity contribution is -0.137. The summed E-state index contributed by atoms with van der Waals surface area (Å²) in [5.74, 6) is -0.543. The number of rotatable bonds is 4. The predicted octanol–water partition coefficient (Wildman–Crippen LogP) is 5.08. The first-order chi connectivity index (χ1) is 11.9. The van der Waals surface area contributed by atoms with E-state index in [1.807, 2.05) is 20.8 Å². The van der Waals surface area contributed by atoms with Gasteiger partial charge in [-0.25, -0.2) is 4.79 Å². The van der Waals surface area contributed by atoms with Gasteiger partial charge in [0, 0.05) is 10.4 Å². The lowest BCUT2D eigenvalue weighted by atomic mass is 9.92. The molecule has 142 valence electrons. The largest absolute Gasteiger partial charge is 0.461 e. The summed E-state index contributed by atoms with van der Waals surface area (Å²) < 4.78 is 44.8. The van der Waals surface area contributed by atoms with E-state index in [9.17, 15) is 18.0 Å². The molecule has 0 bridgehead atoms. The Balaban J connectivity index is 2.42. The topological polar surface area (TPSA) is 44.1 Å². The molecule has 0 saturated heterocycles. The molecule has 1 aromatic heterocycles. The van der Waals surface area contributed by atoms with Gasteiger partial charge in [-0.2, -0.15) is 18.3 Å². The Morgan fingerprint density at radius 1 is 1.23 bits per heavy atom. The van der Waals surface area contributed by atoms with Crippen LogP contribution >= 0.6 is 11.6 Å². The van der Waals surface area contributed by atoms with Gasteiger partial charge in [0.1, 0.15) is 5.69 Å². The van der Waals surface area contributed by atoms with Crippen LogP contribution in [0.1, 0.15) is 55.0 Å². The van der Waals surface area contributed by atoms with Crippen LogP contribution in [0.3, 0.4) is 0 Å². The van der Waals surface area contributed by atoms with Gasteiger partial charge < -0.3 is 4.74 Å². The van der Waals surface area contributed by atoms with Crippen LogP contribution in [0, 0.1) is 0 Å². The normalized spacial score (nSPS) is 12.3. The maximum Gasteiger partial charge on any atom is 0.416 e. The third-order valence-corrected chi connectivity index (χ3v) is 4.09. The van der Waals surface area contributed by atoms with E-state index in [-0.39, 0.29) is 29.3 Å². The van der Waals surface area contributed by atoms with Crippen LogP contribution in [0.4, 0.5) is 13.2 Å². The van der Waals surface area contributed by atoms with Gasteiger partial charge in [-0.05, 0) is 30.7 Å². The monoisotopic (exact) mass is 388 g/mol. The maximum absolute atomic E-state index is 12.8. The Bertz CT molecular complexity index is 808. The van der Waals surface area contributed by atoms with E-state index in [1.54, 1.807) is 13.0 Å². The number of hydrogen-bond donors (Lipinski definition) is 0. The van der Waals surface area contributed by atoms with Crippen LogP contribution in [0.15, 0.2) is 24.3 Å². The summed E-state index contributed by atoms with van der Waals surface area (Å²) in [6, 6.07) is 4.75. The Labute approximate surface area is 154 Å². The molecule has 0 unspecified atom stereocenters. The van der Waals surface area contributed by atoms with E-state index < -0.39 is 17.7 Å². The highest BCUT2D eigenvalue weighted by molar-refractivity contribution is 6.31. The highest BCUT2D eigenvalue weighted by Crippen LogP contribution is 2.32. The van der Waals surface area contributed by atoms with Gasteiger partial charge in [0.05, 0.1) is 24.4 Å². The number of alkyl halides is 3. The first kappa shape index (κ1) is 20.3. The molecule has 0 fully saturated rings. The van der Waals surface area contributed by atoms with Gasteiger partial charge in [-0.3, -0.25) is 4.68 Å². The summed E-state index contributed by atoms with van der Waals surface area (Å²) in [5.41, 5.74) is 0.189. The molecule has 2 aromatic rings. The fraction of sp³-hybridized carbons (Fsp3) is 0.444. The fourth-order valence-corrected chi connectivity index (χ4v) is 2.53. The summed E-state index contributed by atoms with van der Waals surface area (Å²) in [4.78, 5) is 12.2. The second kappa shape index (κ2) is 7.31. The van der Waals surface area contributed by atoms with E-state index in [0.29, 0.717) is 11.3 Å². The van der Waals surface area contributed by atoms with Gasteiger partial charge >= 0.3 is 12.1 Å². The molecule has 2 rings (SSSR count). The van der Waals surface area contributed by atoms with Crippen molar-refractivity contribution in [2.24, 2.45) is 0 Å². The van der Waals surface area contributed by atoms with Crippen molar-refractivity contribution in [3.05, 3.63) is 51.8 Å². The molecule has 0 spiro atoms. The molecular formula is C18H20ClF3N2O2. The van der Waals surface area contributed by atoms with E-state index in [4.69, 9.17) is 16.3 Å². The van der Waals surface area contributed by atoms with E-state index in [0.717, 1.165) is 12.1 Å². The molecule has 0 aliphatic heterocycles. The number of aromatic nitrogens is 2. The molecule has 8 heteroatoms. The van der Waals surface area contributed by atoms with Crippen LogP contribution in [-0.2, 0) is 22.9 Å². The van der Waals surface area contributed by atoms with Crippen LogP contribution in [0.25, 0.3) is 0 Å². The zero-order chi connectivity index (χ0) is 19.7. The standard InChI is InChI=1S/C18H20ClF3N2O2/c1-5-26-16(25)14-9-15(17(2,3)4)23-24(14)10-11-6-7-12(8-13(11)19)18(20,21)22/h6-9H,5,10H2,1-4H3. The Kier molecular flexibility index (Phi) is 5.70. The van der Waals surface area contributed by atoms with Gasteiger partial charge in [-0.1, -0.05) is 38.4 Å². The van der Waals surface area contributed by atoms with Crippen molar-refractivity contribution >= 4 is 17.6 Å². The van der Waals surface area contributed by atoms with Gasteiger partial charge in [0.25, 0.3) is 0 Å². The van der Waals surface area contributed by atoms with Crippen molar-refractivity contribution in [2.75, 3.05) is 6.61 Å². The summed E-state index contributed by atoms with van der Waals surface area (Å²) >= 11 is 6.02. The third-order valence-electron chi connectivity index (χ3n) is 3.73. The van der Waals surface area contributed by atoms with E-state index >= 15 is 0 Å². The molecule has 0 N–H and O–H groups in total. The first-order valence-corrected chi connectivity index (χ1v) is 8.42. The SMILES string of the molecule is CCOC(=O)c1cc(C(C)(C)C)nn1Cc1ccc(C(F)(F)F)cc1Cl. The van der Waals surface area contributed by atoms with Gasteiger partial charge in [-0.15, -0.1) is 0 Å². The fourth-order valence-electron chi connectivity index (χ4n) is 2.29. The number of carbonyl (C=O) groups is 1. The maximum atomic E-state index is 12.8. The van der Waals surface area contributed by atoms with Gasteiger partial charge in [0.2, 0.25) is 0 Å². The van der Waals surface area contributed by atoms with Crippen LogP contribution in [0.2, 0.25) is 5.02 Å².